The number of fused-ring (bicyclic) bond motifs is 5. The molecule has 2 aromatic carbocycles. The molecular formula is C41H49N5O10S. The molecule has 0 spiro atoms. The van der Waals surface area contributed by atoms with Crippen molar-refractivity contribution in [3.8, 4) is 11.6 Å². The highest BCUT2D eigenvalue weighted by Gasteiger charge is 2.62. The Hall–Kier alpha value is -5.38. The van der Waals surface area contributed by atoms with Crippen LogP contribution >= 0.6 is 0 Å². The second kappa shape index (κ2) is 14.2. The van der Waals surface area contributed by atoms with E-state index in [0.29, 0.717) is 46.0 Å². The number of hydrogen-bond donors (Lipinski definition) is 3. The molecule has 4 aromatic rings. The number of carbonyl (C=O) groups is 4. The van der Waals surface area contributed by atoms with Crippen molar-refractivity contribution in [1.82, 2.24) is 25.2 Å². The molecule has 2 aliphatic carbocycles. The molecule has 57 heavy (non-hydrogen) atoms. The highest BCUT2D eigenvalue weighted by Crippen LogP contribution is 2.46. The average Bonchev–Trinajstić information content (AvgIpc) is 4.04. The van der Waals surface area contributed by atoms with Crippen LogP contribution in [-0.2, 0) is 29.1 Å². The van der Waals surface area contributed by atoms with E-state index in [1.54, 1.807) is 60.8 Å². The van der Waals surface area contributed by atoms with Crippen molar-refractivity contribution in [2.24, 2.45) is 11.3 Å². The molecule has 3 aliphatic rings. The number of aromatic nitrogens is 1. The quantitative estimate of drug-likeness (QED) is 0.171. The van der Waals surface area contributed by atoms with E-state index >= 15 is 0 Å². The van der Waals surface area contributed by atoms with Crippen LogP contribution < -0.4 is 24.8 Å². The molecular weight excluding hydrogens is 755 g/mol. The number of sulfonamides is 1. The number of carbonyl (C=O) groups excluding carboxylic acids is 4. The highest BCUT2D eigenvalue weighted by molar-refractivity contribution is 7.91. The van der Waals surface area contributed by atoms with E-state index in [0.717, 1.165) is 5.39 Å². The van der Waals surface area contributed by atoms with Crippen molar-refractivity contribution >= 4 is 66.7 Å². The molecule has 3 heterocycles. The van der Waals surface area contributed by atoms with Gasteiger partial charge in [0.2, 0.25) is 27.7 Å². The highest BCUT2D eigenvalue weighted by atomic mass is 32.2. The standard InChI is InChI=1S/C41H49N5O10S/c1-9-22-20-41(22,37(49)45-57(51,52)25-15-16-25)44-34(47)29-19-24(21-46(29)36(48)33(39(2,3)4)43-38(50)56-40(5,6)7)54-35-28-18-23(53-8)14-17-26(28)32-31(42-35)27-12-10-11-13-30(27)55-32/h9-14,17-18,22,24-25,29,33H,1,15-16,19-21H2,2-8H3,(H,43,50)(H,44,47)(H,45,49). The lowest BCUT2D eigenvalue weighted by Gasteiger charge is -2.36. The smallest absolute Gasteiger partial charge is 0.408 e. The molecule has 0 radical (unpaired) electrons. The maximum atomic E-state index is 14.7. The number of pyridine rings is 1. The zero-order valence-corrected chi connectivity index (χ0v) is 33.9. The second-order valence-electron chi connectivity index (χ2n) is 17.2. The lowest BCUT2D eigenvalue weighted by Crippen LogP contribution is -2.60. The zero-order valence-electron chi connectivity index (χ0n) is 33.1. The van der Waals surface area contributed by atoms with Gasteiger partial charge in [-0.3, -0.25) is 19.1 Å². The van der Waals surface area contributed by atoms with Gasteiger partial charge in [-0.1, -0.05) is 39.0 Å². The van der Waals surface area contributed by atoms with Gasteiger partial charge in [0, 0.05) is 23.1 Å². The maximum absolute atomic E-state index is 14.7. The summed E-state index contributed by atoms with van der Waals surface area (Å²) in [7, 11) is -2.39. The van der Waals surface area contributed by atoms with Crippen molar-refractivity contribution in [2.45, 2.75) is 102 Å². The number of furan rings is 1. The molecule has 1 aliphatic heterocycles. The van der Waals surface area contributed by atoms with Crippen molar-refractivity contribution in [3.63, 3.8) is 0 Å². The first-order valence-corrected chi connectivity index (χ1v) is 20.6. The van der Waals surface area contributed by atoms with Gasteiger partial charge in [0.25, 0.3) is 5.91 Å². The fraction of sp³-hybridized carbons (Fsp3) is 0.488. The van der Waals surface area contributed by atoms with E-state index in [2.05, 4.69) is 21.9 Å². The van der Waals surface area contributed by atoms with Gasteiger partial charge in [0.15, 0.2) is 5.58 Å². The summed E-state index contributed by atoms with van der Waals surface area (Å²) in [5, 5.41) is 6.91. The Morgan fingerprint density at radius 2 is 1.75 bits per heavy atom. The lowest BCUT2D eigenvalue weighted by molar-refractivity contribution is -0.143. The average molecular weight is 804 g/mol. The van der Waals surface area contributed by atoms with Gasteiger partial charge in [0.05, 0.1) is 24.3 Å². The first-order chi connectivity index (χ1) is 26.7. The molecule has 3 fully saturated rings. The van der Waals surface area contributed by atoms with Crippen molar-refractivity contribution in [1.29, 1.82) is 0 Å². The fourth-order valence-corrected chi connectivity index (χ4v) is 8.76. The summed E-state index contributed by atoms with van der Waals surface area (Å²) in [6, 6.07) is 10.5. The zero-order chi connectivity index (χ0) is 41.2. The molecule has 2 saturated carbocycles. The lowest BCUT2D eigenvalue weighted by atomic mass is 9.85. The number of methoxy groups -OCH3 is 1. The minimum Gasteiger partial charge on any atom is -0.497 e. The number of amides is 4. The molecule has 1 saturated heterocycles. The van der Waals surface area contributed by atoms with Crippen LogP contribution in [0.4, 0.5) is 4.79 Å². The summed E-state index contributed by atoms with van der Waals surface area (Å²) in [6.07, 6.45) is 0.854. The van der Waals surface area contributed by atoms with Gasteiger partial charge in [-0.25, -0.2) is 18.2 Å². The van der Waals surface area contributed by atoms with E-state index in [1.165, 1.54) is 11.0 Å². The molecule has 4 amide bonds. The van der Waals surface area contributed by atoms with Crippen LogP contribution in [0.5, 0.6) is 11.6 Å². The van der Waals surface area contributed by atoms with Crippen molar-refractivity contribution < 1.29 is 46.2 Å². The number of nitrogens with zero attached hydrogens (tertiary/aromatic N) is 2. The van der Waals surface area contributed by atoms with Gasteiger partial charge in [-0.05, 0) is 75.8 Å². The van der Waals surface area contributed by atoms with Crippen LogP contribution in [0.2, 0.25) is 0 Å². The number of benzene rings is 2. The molecule has 0 bridgehead atoms. The molecule has 3 N–H and O–H groups in total. The summed E-state index contributed by atoms with van der Waals surface area (Å²) >= 11 is 0. The summed E-state index contributed by atoms with van der Waals surface area (Å²) in [6.45, 7) is 14.1. The largest absolute Gasteiger partial charge is 0.497 e. The number of nitrogens with one attached hydrogen (secondary N) is 3. The van der Waals surface area contributed by atoms with Crippen LogP contribution in [0.1, 0.15) is 67.2 Å². The van der Waals surface area contributed by atoms with Gasteiger partial charge < -0.3 is 34.2 Å². The van der Waals surface area contributed by atoms with Crippen LogP contribution in [-0.4, -0.2) is 90.3 Å². The predicted molar refractivity (Wildman–Crippen MR) is 212 cm³/mol. The Morgan fingerprint density at radius 3 is 2.39 bits per heavy atom. The third-order valence-corrected chi connectivity index (χ3v) is 12.5. The van der Waals surface area contributed by atoms with Crippen LogP contribution in [0.15, 0.2) is 59.5 Å². The van der Waals surface area contributed by atoms with Gasteiger partial charge in [-0.15, -0.1) is 6.58 Å². The molecule has 15 nitrogen and oxygen atoms in total. The summed E-state index contributed by atoms with van der Waals surface area (Å²) < 4.78 is 51.6. The van der Waals surface area contributed by atoms with E-state index in [9.17, 15) is 27.6 Å². The Balaban J connectivity index is 1.25. The van der Waals surface area contributed by atoms with Crippen molar-refractivity contribution in [2.75, 3.05) is 13.7 Å². The number of para-hydroxylation sites is 1. The Morgan fingerprint density at radius 1 is 1.04 bits per heavy atom. The van der Waals surface area contributed by atoms with E-state index in [-0.39, 0.29) is 25.3 Å². The topological polar surface area (TPSA) is 195 Å². The van der Waals surface area contributed by atoms with Gasteiger partial charge in [0.1, 0.15) is 46.2 Å². The summed E-state index contributed by atoms with van der Waals surface area (Å²) in [5.41, 5.74) is -1.54. The molecule has 16 heteroatoms. The molecule has 2 aromatic heterocycles. The Labute approximate surface area is 330 Å². The van der Waals surface area contributed by atoms with Crippen LogP contribution in [0.3, 0.4) is 0 Å². The van der Waals surface area contributed by atoms with Crippen molar-refractivity contribution in [3.05, 3.63) is 55.1 Å². The number of likely N-dealkylation sites (tertiary alicyclic amines) is 1. The first-order valence-electron chi connectivity index (χ1n) is 19.0. The van der Waals surface area contributed by atoms with Crippen LogP contribution in [0.25, 0.3) is 32.8 Å². The predicted octanol–water partition coefficient (Wildman–Crippen LogP) is 5.10. The SMILES string of the molecule is C=CC1CC1(NC(=O)C1CC(Oc2nc3c4ccccc4oc3c3ccc(OC)cc23)CN1C(=O)C(NC(=O)OC(C)(C)C)C(C)(C)C)C(=O)NS(=O)(=O)C1CC1. The van der Waals surface area contributed by atoms with E-state index in [1.807, 2.05) is 30.3 Å². The molecule has 5 atom stereocenters. The number of hydrogen-bond acceptors (Lipinski definition) is 11. The Kier molecular flexibility index (Phi) is 9.94. The van der Waals surface area contributed by atoms with Crippen LogP contribution in [0, 0.1) is 11.3 Å². The maximum Gasteiger partial charge on any atom is 0.408 e. The minimum absolute atomic E-state index is 0.0327. The minimum atomic E-state index is -3.93. The normalized spacial score (nSPS) is 22.9. The second-order valence-corrected chi connectivity index (χ2v) is 19.2. The summed E-state index contributed by atoms with van der Waals surface area (Å²) in [5.74, 6) is -1.93. The van der Waals surface area contributed by atoms with E-state index < -0.39 is 79.7 Å². The monoisotopic (exact) mass is 803 g/mol. The molecule has 7 rings (SSSR count). The molecule has 5 unspecified atom stereocenters. The first kappa shape index (κ1) is 39.8. The Bertz CT molecular complexity index is 2410. The third-order valence-electron chi connectivity index (χ3n) is 10.6. The fourth-order valence-electron chi connectivity index (χ4n) is 7.39. The summed E-state index contributed by atoms with van der Waals surface area (Å²) in [4.78, 5) is 62.1. The van der Waals surface area contributed by atoms with Gasteiger partial charge in [-0.2, -0.15) is 0 Å². The van der Waals surface area contributed by atoms with E-state index in [4.69, 9.17) is 23.6 Å². The van der Waals surface area contributed by atoms with Gasteiger partial charge >= 0.3 is 6.09 Å². The molecule has 304 valence electrons. The number of alkyl carbamates (subject to hydrolysis) is 1. The third kappa shape index (κ3) is 7.83. The number of ether oxygens (including phenoxy) is 3. The number of rotatable bonds is 11.